The first kappa shape index (κ1) is 13.1. The van der Waals surface area contributed by atoms with Gasteiger partial charge in [0.25, 0.3) is 0 Å². The molecule has 0 radical (unpaired) electrons. The van der Waals surface area contributed by atoms with Crippen molar-refractivity contribution >= 4 is 5.91 Å². The molecule has 4 heteroatoms. The van der Waals surface area contributed by atoms with Crippen LogP contribution in [0.3, 0.4) is 0 Å². The summed E-state index contributed by atoms with van der Waals surface area (Å²) in [5.41, 5.74) is 0. The third-order valence-electron chi connectivity index (χ3n) is 5.90. The smallest absolute Gasteiger partial charge is 0.237 e. The van der Waals surface area contributed by atoms with Crippen molar-refractivity contribution < 1.29 is 9.53 Å². The summed E-state index contributed by atoms with van der Waals surface area (Å²) >= 11 is 0. The van der Waals surface area contributed by atoms with Crippen LogP contribution in [-0.2, 0) is 9.53 Å². The lowest BCUT2D eigenvalue weighted by Crippen LogP contribution is -2.57. The van der Waals surface area contributed by atoms with E-state index in [0.717, 1.165) is 25.2 Å². The maximum atomic E-state index is 12.5. The summed E-state index contributed by atoms with van der Waals surface area (Å²) in [7, 11) is 0. The highest BCUT2D eigenvalue weighted by Gasteiger charge is 2.42. The number of fused-ring (bicyclic) bond motifs is 3. The number of amides is 1. The van der Waals surface area contributed by atoms with E-state index < -0.39 is 0 Å². The second kappa shape index (κ2) is 5.30. The minimum Gasteiger partial charge on any atom is -0.373 e. The summed E-state index contributed by atoms with van der Waals surface area (Å²) in [6.07, 6.45) is 11.6. The number of hydrogen-bond donors (Lipinski definition) is 2. The molecular formula is C16H26N2O2. The zero-order chi connectivity index (χ0) is 13.5. The van der Waals surface area contributed by atoms with Crippen LogP contribution in [-0.4, -0.2) is 36.2 Å². The second-order valence-electron chi connectivity index (χ2n) is 7.17. The van der Waals surface area contributed by atoms with Gasteiger partial charge >= 0.3 is 0 Å². The molecule has 0 aromatic carbocycles. The predicted molar refractivity (Wildman–Crippen MR) is 76.3 cm³/mol. The zero-order valence-electron chi connectivity index (χ0n) is 12.1. The predicted octanol–water partition coefficient (Wildman–Crippen LogP) is 1.73. The molecule has 0 aromatic rings. The van der Waals surface area contributed by atoms with Gasteiger partial charge in [-0.05, 0) is 50.9 Å². The van der Waals surface area contributed by atoms with Gasteiger partial charge in [-0.1, -0.05) is 12.8 Å². The fourth-order valence-electron chi connectivity index (χ4n) is 4.77. The maximum absolute atomic E-state index is 12.5. The van der Waals surface area contributed by atoms with Gasteiger partial charge in [-0.25, -0.2) is 0 Å². The van der Waals surface area contributed by atoms with Gasteiger partial charge in [0.15, 0.2) is 0 Å². The topological polar surface area (TPSA) is 50.4 Å². The Bertz CT molecular complexity index is 387. The van der Waals surface area contributed by atoms with Crippen LogP contribution >= 0.6 is 0 Å². The van der Waals surface area contributed by atoms with Crippen LogP contribution in [0.5, 0.6) is 0 Å². The first-order valence-electron chi connectivity index (χ1n) is 8.51. The van der Waals surface area contributed by atoms with Crippen LogP contribution in [0.15, 0.2) is 0 Å². The Balaban J connectivity index is 1.32. The number of hydrogen-bond acceptors (Lipinski definition) is 3. The molecule has 20 heavy (non-hydrogen) atoms. The van der Waals surface area contributed by atoms with Gasteiger partial charge in [-0.15, -0.1) is 0 Å². The lowest BCUT2D eigenvalue weighted by atomic mass is 9.77. The number of carbonyl (C=O) groups is 1. The molecule has 4 fully saturated rings. The third-order valence-corrected chi connectivity index (χ3v) is 5.90. The molecule has 3 aliphatic heterocycles. The van der Waals surface area contributed by atoms with Crippen molar-refractivity contribution in [3.8, 4) is 0 Å². The lowest BCUT2D eigenvalue weighted by Gasteiger charge is -2.40. The Morgan fingerprint density at radius 1 is 1.05 bits per heavy atom. The number of rotatable bonds is 2. The van der Waals surface area contributed by atoms with Crippen molar-refractivity contribution in [3.05, 3.63) is 0 Å². The fraction of sp³-hybridized carbons (Fsp3) is 0.938. The van der Waals surface area contributed by atoms with Gasteiger partial charge in [0, 0.05) is 6.04 Å². The maximum Gasteiger partial charge on any atom is 0.237 e. The van der Waals surface area contributed by atoms with Gasteiger partial charge in [0.2, 0.25) is 5.91 Å². The molecule has 4 aliphatic rings. The number of piperidine rings is 1. The highest BCUT2D eigenvalue weighted by molar-refractivity contribution is 5.82. The van der Waals surface area contributed by atoms with E-state index in [4.69, 9.17) is 4.74 Å². The van der Waals surface area contributed by atoms with Gasteiger partial charge in [-0.2, -0.15) is 0 Å². The molecule has 6 atom stereocenters. The quantitative estimate of drug-likeness (QED) is 0.809. The van der Waals surface area contributed by atoms with Crippen LogP contribution in [0.4, 0.5) is 0 Å². The van der Waals surface area contributed by atoms with Gasteiger partial charge in [0.1, 0.15) is 0 Å². The van der Waals surface area contributed by atoms with E-state index in [0.29, 0.717) is 12.1 Å². The average molecular weight is 278 g/mol. The van der Waals surface area contributed by atoms with E-state index in [1.165, 1.54) is 38.5 Å². The van der Waals surface area contributed by atoms with E-state index in [-0.39, 0.29) is 24.1 Å². The Morgan fingerprint density at radius 3 is 2.75 bits per heavy atom. The van der Waals surface area contributed by atoms with Gasteiger partial charge < -0.3 is 15.4 Å². The third kappa shape index (κ3) is 2.37. The Morgan fingerprint density at radius 2 is 1.95 bits per heavy atom. The summed E-state index contributed by atoms with van der Waals surface area (Å²) < 4.78 is 5.82. The molecule has 3 heterocycles. The van der Waals surface area contributed by atoms with Crippen molar-refractivity contribution in [2.24, 2.45) is 5.92 Å². The van der Waals surface area contributed by atoms with Crippen LogP contribution in [0, 0.1) is 5.92 Å². The van der Waals surface area contributed by atoms with Crippen molar-refractivity contribution in [1.82, 2.24) is 10.6 Å². The fourth-order valence-corrected chi connectivity index (χ4v) is 4.77. The molecule has 6 unspecified atom stereocenters. The average Bonchev–Trinajstić information content (AvgIpc) is 3.09. The van der Waals surface area contributed by atoms with E-state index in [1.54, 1.807) is 0 Å². The molecule has 4 rings (SSSR count). The molecule has 2 N–H and O–H groups in total. The molecule has 0 aromatic heterocycles. The van der Waals surface area contributed by atoms with Gasteiger partial charge in [-0.3, -0.25) is 4.79 Å². The van der Waals surface area contributed by atoms with Crippen molar-refractivity contribution in [2.75, 3.05) is 0 Å². The number of carbonyl (C=O) groups excluding carboxylic acids is 1. The molecule has 1 saturated carbocycles. The first-order chi connectivity index (χ1) is 9.79. The molecule has 1 amide bonds. The summed E-state index contributed by atoms with van der Waals surface area (Å²) in [5, 5.41) is 6.87. The largest absolute Gasteiger partial charge is 0.373 e. The minimum atomic E-state index is 0.0356. The molecule has 4 nitrogen and oxygen atoms in total. The molecule has 1 aliphatic carbocycles. The monoisotopic (exact) mass is 278 g/mol. The van der Waals surface area contributed by atoms with Crippen molar-refractivity contribution in [2.45, 2.75) is 88.1 Å². The SMILES string of the molecule is O=C(NC1CC2CCC1O2)C1CCC2CCCCC2N1. The normalized spacial score (nSPS) is 47.0. The molecule has 3 saturated heterocycles. The molecular weight excluding hydrogens is 252 g/mol. The van der Waals surface area contributed by atoms with Crippen LogP contribution in [0.2, 0.25) is 0 Å². The number of ether oxygens (including phenoxy) is 1. The lowest BCUT2D eigenvalue weighted by molar-refractivity contribution is -0.125. The summed E-state index contributed by atoms with van der Waals surface area (Å²) in [6, 6.07) is 0.894. The standard InChI is InChI=1S/C16H26N2O2/c19-16(18-14-9-11-6-8-15(14)20-11)13-7-5-10-3-1-2-4-12(10)17-13/h10-15,17H,1-9H2,(H,18,19). The highest BCUT2D eigenvalue weighted by Crippen LogP contribution is 2.35. The second-order valence-corrected chi connectivity index (χ2v) is 7.17. The summed E-state index contributed by atoms with van der Waals surface area (Å²) in [4.78, 5) is 12.5. The van der Waals surface area contributed by atoms with E-state index in [1.807, 2.05) is 0 Å². The van der Waals surface area contributed by atoms with Gasteiger partial charge in [0.05, 0.1) is 24.3 Å². The summed E-state index contributed by atoms with van der Waals surface area (Å²) in [5.74, 6) is 1.04. The number of nitrogens with one attached hydrogen (secondary N) is 2. The van der Waals surface area contributed by atoms with Crippen LogP contribution in [0.25, 0.3) is 0 Å². The Kier molecular flexibility index (Phi) is 3.47. The molecule has 112 valence electrons. The highest BCUT2D eigenvalue weighted by atomic mass is 16.5. The molecule has 2 bridgehead atoms. The summed E-state index contributed by atoms with van der Waals surface area (Å²) in [6.45, 7) is 0. The van der Waals surface area contributed by atoms with E-state index in [9.17, 15) is 4.79 Å². The van der Waals surface area contributed by atoms with E-state index >= 15 is 0 Å². The van der Waals surface area contributed by atoms with Crippen molar-refractivity contribution in [1.29, 1.82) is 0 Å². The Labute approximate surface area is 121 Å². The van der Waals surface area contributed by atoms with Crippen LogP contribution in [0.1, 0.15) is 57.8 Å². The Hall–Kier alpha value is -0.610. The first-order valence-corrected chi connectivity index (χ1v) is 8.51. The van der Waals surface area contributed by atoms with Crippen molar-refractivity contribution in [3.63, 3.8) is 0 Å². The minimum absolute atomic E-state index is 0.0356. The molecule has 0 spiro atoms. The van der Waals surface area contributed by atoms with Crippen LogP contribution < -0.4 is 10.6 Å². The van der Waals surface area contributed by atoms with E-state index in [2.05, 4.69) is 10.6 Å². The zero-order valence-corrected chi connectivity index (χ0v) is 12.1.